The number of aryl methyl sites for hydroxylation is 1. The third kappa shape index (κ3) is 4.74. The summed E-state index contributed by atoms with van der Waals surface area (Å²) < 4.78 is 6.56. The van der Waals surface area contributed by atoms with E-state index < -0.39 is 0 Å². The van der Waals surface area contributed by atoms with E-state index in [1.165, 1.54) is 47.1 Å². The van der Waals surface area contributed by atoms with Gasteiger partial charge in [0.2, 0.25) is 5.71 Å². The lowest BCUT2D eigenvalue weighted by molar-refractivity contribution is 0.267. The molecule has 1 fully saturated rings. The molecule has 1 saturated carbocycles. The molecule has 1 aliphatic carbocycles. The van der Waals surface area contributed by atoms with Gasteiger partial charge in [0.15, 0.2) is 0 Å². The molecule has 0 spiro atoms. The minimum absolute atomic E-state index is 0.408. The van der Waals surface area contributed by atoms with Gasteiger partial charge in [0, 0.05) is 28.1 Å². The van der Waals surface area contributed by atoms with E-state index in [1.54, 1.807) is 0 Å². The lowest BCUT2D eigenvalue weighted by atomic mass is 9.73. The predicted molar refractivity (Wildman–Crippen MR) is 168 cm³/mol. The van der Waals surface area contributed by atoms with Gasteiger partial charge >= 0.3 is 0 Å². The van der Waals surface area contributed by atoms with E-state index >= 15 is 0 Å². The summed E-state index contributed by atoms with van der Waals surface area (Å²) in [6.07, 6.45) is 6.00. The summed E-state index contributed by atoms with van der Waals surface area (Å²) in [4.78, 5) is 10.1. The van der Waals surface area contributed by atoms with Crippen LogP contribution >= 0.6 is 0 Å². The summed E-state index contributed by atoms with van der Waals surface area (Å²) in [6, 6.07) is 19.6. The van der Waals surface area contributed by atoms with Crippen LogP contribution in [0.25, 0.3) is 44.6 Å². The van der Waals surface area contributed by atoms with Crippen molar-refractivity contribution in [3.05, 3.63) is 83.0 Å². The van der Waals surface area contributed by atoms with Crippen molar-refractivity contribution in [1.29, 1.82) is 0 Å². The third-order valence-electron chi connectivity index (χ3n) is 9.04. The zero-order valence-corrected chi connectivity index (χ0v) is 25.1. The largest absolute Gasteiger partial charge is 0.437 e. The molecule has 206 valence electrons. The first-order chi connectivity index (χ1) is 19.2. The molecular formula is C37H42N2O. The number of pyridine rings is 2. The molecule has 0 bridgehead atoms. The molecular weight excluding hydrogens is 488 g/mol. The molecule has 3 aromatic heterocycles. The van der Waals surface area contributed by atoms with Crippen LogP contribution in [0.15, 0.2) is 65.2 Å². The van der Waals surface area contributed by atoms with Crippen LogP contribution in [-0.4, -0.2) is 9.97 Å². The molecule has 3 nitrogen and oxygen atoms in total. The van der Waals surface area contributed by atoms with Gasteiger partial charge in [-0.1, -0.05) is 71.9 Å². The highest BCUT2D eigenvalue weighted by Gasteiger charge is 2.27. The molecule has 3 heterocycles. The van der Waals surface area contributed by atoms with Crippen LogP contribution in [0, 0.1) is 18.8 Å². The van der Waals surface area contributed by atoms with Gasteiger partial charge in [0.1, 0.15) is 5.58 Å². The van der Waals surface area contributed by atoms with Crippen LogP contribution in [0.5, 0.6) is 0 Å². The van der Waals surface area contributed by atoms with Gasteiger partial charge < -0.3 is 4.42 Å². The number of hydrogen-bond acceptors (Lipinski definition) is 3. The second-order valence-electron chi connectivity index (χ2n) is 13.0. The van der Waals surface area contributed by atoms with E-state index in [0.717, 1.165) is 45.1 Å². The molecule has 40 heavy (non-hydrogen) atoms. The van der Waals surface area contributed by atoms with Crippen LogP contribution in [0.2, 0.25) is 0 Å². The molecule has 6 rings (SSSR count). The normalized spacial score (nSPS) is 19.8. The number of furan rings is 1. The van der Waals surface area contributed by atoms with Gasteiger partial charge in [-0.25, -0.2) is 4.98 Å². The van der Waals surface area contributed by atoms with Crippen LogP contribution < -0.4 is 0 Å². The number of para-hydroxylation sites is 1. The van der Waals surface area contributed by atoms with E-state index in [9.17, 15) is 0 Å². The highest BCUT2D eigenvalue weighted by molar-refractivity contribution is 6.08. The van der Waals surface area contributed by atoms with E-state index in [2.05, 4.69) is 109 Å². The van der Waals surface area contributed by atoms with Crippen molar-refractivity contribution < 1.29 is 4.42 Å². The standard InChI is InChI=1S/C37H42N2O/c1-21(2)27-10-8-11-28(22(3)4)35(27)33-15-14-30-29-12-9-13-31(36(29)40-37(30)39-33)34-19-25(7)32(20-38-34)26-17-23(5)16-24(6)18-26/h8-15,19-24,26H,16-18H2,1-7H3. The fourth-order valence-corrected chi connectivity index (χ4v) is 7.21. The van der Waals surface area contributed by atoms with E-state index in [4.69, 9.17) is 14.4 Å². The van der Waals surface area contributed by atoms with E-state index in [0.29, 0.717) is 23.5 Å². The van der Waals surface area contributed by atoms with Gasteiger partial charge in [-0.2, -0.15) is 0 Å². The fraction of sp³-hybridized carbons (Fsp3) is 0.405. The summed E-state index contributed by atoms with van der Waals surface area (Å²) in [5, 5.41) is 2.14. The van der Waals surface area contributed by atoms with Crippen molar-refractivity contribution >= 4 is 22.1 Å². The molecule has 0 aliphatic heterocycles. The molecule has 0 radical (unpaired) electrons. The van der Waals surface area contributed by atoms with Crippen molar-refractivity contribution in [2.75, 3.05) is 0 Å². The Kier molecular flexibility index (Phi) is 7.02. The predicted octanol–water partition coefficient (Wildman–Crippen LogP) is 10.8. The zero-order valence-electron chi connectivity index (χ0n) is 25.1. The molecule has 0 amide bonds. The molecule has 0 saturated heterocycles. The highest BCUT2D eigenvalue weighted by Crippen LogP contribution is 2.42. The first-order valence-electron chi connectivity index (χ1n) is 15.1. The van der Waals surface area contributed by atoms with Crippen molar-refractivity contribution in [2.45, 2.75) is 85.5 Å². The van der Waals surface area contributed by atoms with Crippen LogP contribution in [0.4, 0.5) is 0 Å². The Morgan fingerprint density at radius 2 is 1.45 bits per heavy atom. The zero-order chi connectivity index (χ0) is 28.1. The lowest BCUT2D eigenvalue weighted by Gasteiger charge is -2.32. The Labute approximate surface area is 239 Å². The van der Waals surface area contributed by atoms with Crippen LogP contribution in [0.1, 0.15) is 101 Å². The average molecular weight is 531 g/mol. The Morgan fingerprint density at radius 3 is 2.10 bits per heavy atom. The Bertz CT molecular complexity index is 1660. The fourth-order valence-electron chi connectivity index (χ4n) is 7.21. The smallest absolute Gasteiger partial charge is 0.227 e. The maximum Gasteiger partial charge on any atom is 0.227 e. The van der Waals surface area contributed by atoms with Crippen molar-refractivity contribution in [2.24, 2.45) is 11.8 Å². The van der Waals surface area contributed by atoms with Gasteiger partial charge in [-0.05, 0) is 102 Å². The van der Waals surface area contributed by atoms with Crippen molar-refractivity contribution in [3.8, 4) is 22.5 Å². The van der Waals surface area contributed by atoms with Gasteiger partial charge in [0.05, 0.1) is 11.4 Å². The molecule has 3 heteroatoms. The maximum atomic E-state index is 6.56. The van der Waals surface area contributed by atoms with E-state index in [1.807, 2.05) is 0 Å². The molecule has 1 aliphatic rings. The summed E-state index contributed by atoms with van der Waals surface area (Å²) in [7, 11) is 0. The Hall–Kier alpha value is -3.46. The monoisotopic (exact) mass is 530 g/mol. The van der Waals surface area contributed by atoms with Gasteiger partial charge in [0.25, 0.3) is 0 Å². The number of benzene rings is 2. The Balaban J connectivity index is 1.44. The molecule has 2 aromatic carbocycles. The average Bonchev–Trinajstić information content (AvgIpc) is 3.30. The maximum absolute atomic E-state index is 6.56. The number of nitrogens with zero attached hydrogens (tertiary/aromatic N) is 2. The molecule has 2 unspecified atom stereocenters. The number of aromatic nitrogens is 2. The van der Waals surface area contributed by atoms with Crippen LogP contribution in [-0.2, 0) is 0 Å². The minimum Gasteiger partial charge on any atom is -0.437 e. The minimum atomic E-state index is 0.408. The SMILES string of the molecule is Cc1cc(-c2cccc3c2oc2nc(-c4c(C(C)C)cccc4C(C)C)ccc23)ncc1C1CC(C)CC(C)C1. The number of hydrogen-bond donors (Lipinski definition) is 0. The topological polar surface area (TPSA) is 38.9 Å². The molecule has 2 atom stereocenters. The Morgan fingerprint density at radius 1 is 0.775 bits per heavy atom. The summed E-state index contributed by atoms with van der Waals surface area (Å²) in [5.41, 5.74) is 11.2. The quantitative estimate of drug-likeness (QED) is 0.227. The first-order valence-corrected chi connectivity index (χ1v) is 15.1. The molecule has 0 N–H and O–H groups in total. The summed E-state index contributed by atoms with van der Waals surface area (Å²) in [5.74, 6) is 2.98. The second kappa shape index (κ2) is 10.5. The van der Waals surface area contributed by atoms with E-state index in [-0.39, 0.29) is 0 Å². The van der Waals surface area contributed by atoms with Gasteiger partial charge in [-0.3, -0.25) is 4.98 Å². The second-order valence-corrected chi connectivity index (χ2v) is 13.0. The number of fused-ring (bicyclic) bond motifs is 3. The lowest BCUT2D eigenvalue weighted by Crippen LogP contribution is -2.19. The van der Waals surface area contributed by atoms with Crippen LogP contribution in [0.3, 0.4) is 0 Å². The highest BCUT2D eigenvalue weighted by atomic mass is 16.3. The van der Waals surface area contributed by atoms with Crippen molar-refractivity contribution in [1.82, 2.24) is 9.97 Å². The molecule has 5 aromatic rings. The number of rotatable bonds is 5. The summed E-state index contributed by atoms with van der Waals surface area (Å²) >= 11 is 0. The van der Waals surface area contributed by atoms with Gasteiger partial charge in [-0.15, -0.1) is 0 Å². The first kappa shape index (κ1) is 26.7. The summed E-state index contributed by atoms with van der Waals surface area (Å²) in [6.45, 7) is 16.1. The third-order valence-corrected chi connectivity index (χ3v) is 9.04. The van der Waals surface area contributed by atoms with Crippen molar-refractivity contribution in [3.63, 3.8) is 0 Å².